The summed E-state index contributed by atoms with van der Waals surface area (Å²) in [5.74, 6) is 5.91. The van der Waals surface area contributed by atoms with Crippen molar-refractivity contribution >= 4 is 5.91 Å². The number of nitrogens with two attached hydrogens (primary N) is 1. The number of amides is 1. The Hall–Kier alpha value is -2.34. The van der Waals surface area contributed by atoms with Crippen LogP contribution in [-0.4, -0.2) is 11.1 Å². The molecule has 0 saturated heterocycles. The number of nitrogens with zero attached hydrogens (tertiary/aromatic N) is 1. The second-order valence-corrected chi connectivity index (χ2v) is 4.06. The normalized spacial score (nSPS) is 10.3. The lowest BCUT2D eigenvalue weighted by atomic mass is 10.2. The summed E-state index contributed by atoms with van der Waals surface area (Å²) in [6, 6.07) is 6.89. The van der Waals surface area contributed by atoms with Crippen molar-refractivity contribution in [2.24, 2.45) is 5.84 Å². The lowest BCUT2D eigenvalue weighted by Gasteiger charge is -2.10. The van der Waals surface area contributed by atoms with Gasteiger partial charge >= 0.3 is 0 Å². The first kappa shape index (κ1) is 13.1. The van der Waals surface area contributed by atoms with Crippen molar-refractivity contribution in [2.45, 2.75) is 20.5 Å². The van der Waals surface area contributed by atoms with Gasteiger partial charge in [-0.25, -0.2) is 5.84 Å². The van der Waals surface area contributed by atoms with Gasteiger partial charge in [0.05, 0.1) is 16.8 Å². The summed E-state index contributed by atoms with van der Waals surface area (Å²) in [5.41, 5.74) is 4.13. The van der Waals surface area contributed by atoms with Crippen molar-refractivity contribution in [2.75, 3.05) is 0 Å². The number of carbonyl (C=O) groups excluding carboxylic acids is 1. The van der Waals surface area contributed by atoms with Crippen LogP contribution in [0, 0.1) is 13.8 Å². The highest BCUT2D eigenvalue weighted by Gasteiger charge is 2.13. The van der Waals surface area contributed by atoms with Crippen LogP contribution in [0.1, 0.15) is 27.4 Å². The standard InChI is InChI=1S/C13H15N3O3/c1-8-11(9(2)19-16-8)7-18-12-6-4-3-5-10(12)13(17)15-14/h3-6H,7,14H2,1-2H3,(H,15,17). The van der Waals surface area contributed by atoms with E-state index >= 15 is 0 Å². The second kappa shape index (κ2) is 5.53. The number of hydrogen-bond donors (Lipinski definition) is 2. The summed E-state index contributed by atoms with van der Waals surface area (Å²) in [6.45, 7) is 3.95. The van der Waals surface area contributed by atoms with Crippen LogP contribution in [-0.2, 0) is 6.61 Å². The van der Waals surface area contributed by atoms with Crippen LogP contribution in [0.4, 0.5) is 0 Å². The number of aromatic nitrogens is 1. The molecule has 1 aromatic carbocycles. The van der Waals surface area contributed by atoms with Gasteiger partial charge in [0, 0.05) is 0 Å². The first-order valence-electron chi connectivity index (χ1n) is 5.78. The molecule has 19 heavy (non-hydrogen) atoms. The van der Waals surface area contributed by atoms with Gasteiger partial charge in [0.2, 0.25) is 0 Å². The topological polar surface area (TPSA) is 90.4 Å². The summed E-state index contributed by atoms with van der Waals surface area (Å²) < 4.78 is 10.7. The Kier molecular flexibility index (Phi) is 3.82. The van der Waals surface area contributed by atoms with Crippen molar-refractivity contribution in [3.05, 3.63) is 46.8 Å². The molecule has 0 saturated carbocycles. The molecule has 0 radical (unpaired) electrons. The maximum atomic E-state index is 11.6. The molecule has 0 aliphatic carbocycles. The van der Waals surface area contributed by atoms with E-state index in [0.29, 0.717) is 17.1 Å². The van der Waals surface area contributed by atoms with E-state index in [1.54, 1.807) is 24.3 Å². The number of aryl methyl sites for hydroxylation is 2. The lowest BCUT2D eigenvalue weighted by molar-refractivity contribution is 0.0949. The van der Waals surface area contributed by atoms with Gasteiger partial charge in [-0.1, -0.05) is 17.3 Å². The highest BCUT2D eigenvalue weighted by atomic mass is 16.5. The summed E-state index contributed by atoms with van der Waals surface area (Å²) in [6.07, 6.45) is 0. The Balaban J connectivity index is 2.18. The Bertz CT molecular complexity index is 573. The number of hydrogen-bond acceptors (Lipinski definition) is 5. The Morgan fingerprint density at radius 3 is 2.79 bits per heavy atom. The van der Waals surface area contributed by atoms with Crippen LogP contribution in [0.2, 0.25) is 0 Å². The van der Waals surface area contributed by atoms with Crippen LogP contribution < -0.4 is 16.0 Å². The molecule has 1 heterocycles. The predicted molar refractivity (Wildman–Crippen MR) is 68.4 cm³/mol. The van der Waals surface area contributed by atoms with E-state index in [1.807, 2.05) is 13.8 Å². The maximum Gasteiger partial charge on any atom is 0.268 e. The third-order valence-electron chi connectivity index (χ3n) is 2.82. The van der Waals surface area contributed by atoms with Gasteiger partial charge in [-0.15, -0.1) is 0 Å². The fourth-order valence-electron chi connectivity index (χ4n) is 1.72. The molecule has 2 rings (SSSR count). The smallest absolute Gasteiger partial charge is 0.268 e. The predicted octanol–water partition coefficient (Wildman–Crippen LogP) is 1.47. The van der Waals surface area contributed by atoms with Crippen LogP contribution in [0.15, 0.2) is 28.8 Å². The number of rotatable bonds is 4. The van der Waals surface area contributed by atoms with Crippen molar-refractivity contribution < 1.29 is 14.1 Å². The highest BCUT2D eigenvalue weighted by molar-refractivity contribution is 5.96. The Morgan fingerprint density at radius 1 is 1.42 bits per heavy atom. The summed E-state index contributed by atoms with van der Waals surface area (Å²) in [7, 11) is 0. The van der Waals surface area contributed by atoms with Crippen LogP contribution in [0.25, 0.3) is 0 Å². The van der Waals surface area contributed by atoms with E-state index in [1.165, 1.54) is 0 Å². The third kappa shape index (κ3) is 2.74. The molecule has 0 spiro atoms. The molecule has 0 bridgehead atoms. The minimum Gasteiger partial charge on any atom is -0.488 e. The fourth-order valence-corrected chi connectivity index (χ4v) is 1.72. The van der Waals surface area contributed by atoms with Crippen molar-refractivity contribution in [3.8, 4) is 5.75 Å². The van der Waals surface area contributed by atoms with Gasteiger partial charge in [0.1, 0.15) is 18.1 Å². The quantitative estimate of drug-likeness (QED) is 0.494. The van der Waals surface area contributed by atoms with E-state index in [4.69, 9.17) is 15.1 Å². The SMILES string of the molecule is Cc1noc(C)c1COc1ccccc1C(=O)NN. The Labute approximate surface area is 110 Å². The average Bonchev–Trinajstić information content (AvgIpc) is 2.75. The van der Waals surface area contributed by atoms with E-state index in [2.05, 4.69) is 10.6 Å². The zero-order valence-corrected chi connectivity index (χ0v) is 10.8. The molecule has 2 aromatic rings. The average molecular weight is 261 g/mol. The van der Waals surface area contributed by atoms with Crippen LogP contribution in [0.3, 0.4) is 0 Å². The summed E-state index contributed by atoms with van der Waals surface area (Å²) in [5, 5.41) is 3.85. The fraction of sp³-hybridized carbons (Fsp3) is 0.231. The molecule has 6 nitrogen and oxygen atoms in total. The molecule has 3 N–H and O–H groups in total. The molecule has 100 valence electrons. The van der Waals surface area contributed by atoms with Crippen LogP contribution in [0.5, 0.6) is 5.75 Å². The minimum atomic E-state index is -0.394. The number of hydrazine groups is 1. The van der Waals surface area contributed by atoms with Gasteiger partial charge in [-0.3, -0.25) is 10.2 Å². The summed E-state index contributed by atoms with van der Waals surface area (Å²) >= 11 is 0. The van der Waals surface area contributed by atoms with Gasteiger partial charge < -0.3 is 9.26 Å². The van der Waals surface area contributed by atoms with Crippen molar-refractivity contribution in [3.63, 3.8) is 0 Å². The monoisotopic (exact) mass is 261 g/mol. The highest BCUT2D eigenvalue weighted by Crippen LogP contribution is 2.21. The number of carbonyl (C=O) groups is 1. The van der Waals surface area contributed by atoms with Crippen LogP contribution >= 0.6 is 0 Å². The van der Waals surface area contributed by atoms with Crippen molar-refractivity contribution in [1.29, 1.82) is 0 Å². The van der Waals surface area contributed by atoms with E-state index in [9.17, 15) is 4.79 Å². The molecule has 0 aliphatic heterocycles. The number of nitrogens with one attached hydrogen (secondary N) is 1. The molecule has 1 aromatic heterocycles. The maximum absolute atomic E-state index is 11.6. The zero-order valence-electron chi connectivity index (χ0n) is 10.8. The molecule has 0 fully saturated rings. The van der Waals surface area contributed by atoms with Crippen molar-refractivity contribution in [1.82, 2.24) is 10.6 Å². The van der Waals surface area contributed by atoms with Gasteiger partial charge in [0.15, 0.2) is 0 Å². The minimum absolute atomic E-state index is 0.288. The van der Waals surface area contributed by atoms with E-state index in [0.717, 1.165) is 11.3 Å². The lowest BCUT2D eigenvalue weighted by Crippen LogP contribution is -2.30. The molecule has 0 aliphatic rings. The number of para-hydroxylation sites is 1. The molecule has 1 amide bonds. The zero-order chi connectivity index (χ0) is 13.8. The number of ether oxygens (including phenoxy) is 1. The molecule has 0 atom stereocenters. The van der Waals surface area contributed by atoms with Gasteiger partial charge in [0.25, 0.3) is 5.91 Å². The number of nitrogen functional groups attached to an aromatic ring is 1. The molecular weight excluding hydrogens is 246 g/mol. The first-order chi connectivity index (χ1) is 9.13. The molecule has 0 unspecified atom stereocenters. The molecular formula is C13H15N3O3. The van der Waals surface area contributed by atoms with E-state index in [-0.39, 0.29) is 6.61 Å². The largest absolute Gasteiger partial charge is 0.488 e. The Morgan fingerprint density at radius 2 is 2.16 bits per heavy atom. The number of benzene rings is 1. The molecule has 6 heteroatoms. The second-order valence-electron chi connectivity index (χ2n) is 4.06. The summed E-state index contributed by atoms with van der Waals surface area (Å²) in [4.78, 5) is 11.6. The third-order valence-corrected chi connectivity index (χ3v) is 2.82. The van der Waals surface area contributed by atoms with Gasteiger partial charge in [-0.05, 0) is 26.0 Å². The van der Waals surface area contributed by atoms with E-state index < -0.39 is 5.91 Å². The van der Waals surface area contributed by atoms with Gasteiger partial charge in [-0.2, -0.15) is 0 Å². The first-order valence-corrected chi connectivity index (χ1v) is 5.78.